The number of nitrogens with one attached hydrogen (secondary N) is 1. The highest BCUT2D eigenvalue weighted by Crippen LogP contribution is 2.44. The van der Waals surface area contributed by atoms with Crippen LogP contribution in [0, 0.1) is 22.7 Å². The van der Waals surface area contributed by atoms with Crippen molar-refractivity contribution in [1.29, 1.82) is 10.5 Å². The van der Waals surface area contributed by atoms with Crippen molar-refractivity contribution in [3.63, 3.8) is 0 Å². The fourth-order valence-electron chi connectivity index (χ4n) is 1.77. The molecule has 0 aliphatic heterocycles. The van der Waals surface area contributed by atoms with E-state index < -0.39 is 0 Å². The van der Waals surface area contributed by atoms with Gasteiger partial charge in [0.2, 0.25) is 0 Å². The average molecular weight is 559 g/mol. The second kappa shape index (κ2) is 7.61. The Hall–Kier alpha value is -0.470. The molecule has 0 spiro atoms. The standard InChI is InChI=1S/C14H3Br3Cl3N3/c15-5-1-8(16)14(9(17)2-5)23-13-7(4-22)10(18)6(3-21)11(19)12(13)20/h1-2,23H. The van der Waals surface area contributed by atoms with Crippen LogP contribution in [0.3, 0.4) is 0 Å². The molecular weight excluding hydrogens is 556 g/mol. The number of hydrogen-bond acceptors (Lipinski definition) is 3. The molecule has 0 unspecified atom stereocenters. The van der Waals surface area contributed by atoms with Crippen LogP contribution >= 0.6 is 82.6 Å². The molecule has 0 amide bonds. The Labute approximate surface area is 172 Å². The van der Waals surface area contributed by atoms with Gasteiger partial charge in [0, 0.05) is 13.4 Å². The van der Waals surface area contributed by atoms with Crippen LogP contribution in [0.5, 0.6) is 0 Å². The predicted molar refractivity (Wildman–Crippen MR) is 104 cm³/mol. The van der Waals surface area contributed by atoms with Crippen molar-refractivity contribution in [2.24, 2.45) is 0 Å². The van der Waals surface area contributed by atoms with Crippen molar-refractivity contribution in [2.45, 2.75) is 0 Å². The molecule has 9 heteroatoms. The minimum Gasteiger partial charge on any atom is -0.351 e. The lowest BCUT2D eigenvalue weighted by molar-refractivity contribution is 1.42. The van der Waals surface area contributed by atoms with Crippen LogP contribution in [0.1, 0.15) is 11.1 Å². The minimum atomic E-state index is -0.0451. The number of anilines is 2. The summed E-state index contributed by atoms with van der Waals surface area (Å²) in [7, 11) is 0. The summed E-state index contributed by atoms with van der Waals surface area (Å²) in [6.07, 6.45) is 0. The van der Waals surface area contributed by atoms with E-state index in [-0.39, 0.29) is 31.9 Å². The van der Waals surface area contributed by atoms with E-state index in [2.05, 4.69) is 53.1 Å². The summed E-state index contributed by atoms with van der Waals surface area (Å²) < 4.78 is 2.29. The monoisotopic (exact) mass is 555 g/mol. The summed E-state index contributed by atoms with van der Waals surface area (Å²) in [5.41, 5.74) is 0.865. The van der Waals surface area contributed by atoms with Gasteiger partial charge >= 0.3 is 0 Å². The molecule has 0 aromatic heterocycles. The van der Waals surface area contributed by atoms with Crippen LogP contribution in [0.25, 0.3) is 0 Å². The quantitative estimate of drug-likeness (QED) is 0.390. The van der Waals surface area contributed by atoms with Gasteiger partial charge in [-0.1, -0.05) is 50.7 Å². The third-order valence-electron chi connectivity index (χ3n) is 2.80. The maximum absolute atomic E-state index is 9.38. The number of benzene rings is 2. The first-order chi connectivity index (χ1) is 10.8. The van der Waals surface area contributed by atoms with Gasteiger partial charge in [-0.05, 0) is 44.0 Å². The molecule has 0 fully saturated rings. The summed E-state index contributed by atoms with van der Waals surface area (Å²) in [4.78, 5) is 0. The van der Waals surface area contributed by atoms with E-state index in [0.717, 1.165) is 13.4 Å². The third kappa shape index (κ3) is 3.64. The van der Waals surface area contributed by atoms with E-state index in [1.807, 2.05) is 24.3 Å². The first kappa shape index (κ1) is 18.9. The van der Waals surface area contributed by atoms with Crippen molar-refractivity contribution in [3.8, 4) is 12.1 Å². The fourth-order valence-corrected chi connectivity index (χ4v) is 5.01. The average Bonchev–Trinajstić information content (AvgIpc) is 2.48. The Morgan fingerprint density at radius 3 is 1.78 bits per heavy atom. The first-order valence-corrected chi connectivity index (χ1v) is 9.25. The Morgan fingerprint density at radius 1 is 0.783 bits per heavy atom. The normalized spacial score (nSPS) is 10.1. The SMILES string of the molecule is N#Cc1c(Cl)c(Cl)c(Nc2c(Br)cc(Br)cc2Br)c(C#N)c1Cl. The molecule has 0 aliphatic rings. The number of nitrogens with zero attached hydrogens (tertiary/aromatic N) is 2. The summed E-state index contributed by atoms with van der Waals surface area (Å²) in [6, 6.07) is 7.44. The molecule has 0 aliphatic carbocycles. The maximum atomic E-state index is 9.38. The molecule has 0 saturated heterocycles. The first-order valence-electron chi connectivity index (χ1n) is 5.74. The molecule has 0 heterocycles. The molecule has 3 nitrogen and oxygen atoms in total. The van der Waals surface area contributed by atoms with Gasteiger partial charge in [0.05, 0.1) is 37.6 Å². The van der Waals surface area contributed by atoms with Gasteiger partial charge in [0.25, 0.3) is 0 Å². The van der Waals surface area contributed by atoms with E-state index >= 15 is 0 Å². The summed E-state index contributed by atoms with van der Waals surface area (Å²) in [5.74, 6) is 0. The molecule has 2 aromatic carbocycles. The van der Waals surface area contributed by atoms with E-state index in [1.165, 1.54) is 0 Å². The lowest BCUT2D eigenvalue weighted by Crippen LogP contribution is -2.00. The van der Waals surface area contributed by atoms with Crippen LogP contribution < -0.4 is 5.32 Å². The molecule has 23 heavy (non-hydrogen) atoms. The topological polar surface area (TPSA) is 59.6 Å². The summed E-state index contributed by atoms with van der Waals surface area (Å²) >= 11 is 28.6. The lowest BCUT2D eigenvalue weighted by atomic mass is 10.1. The van der Waals surface area contributed by atoms with Crippen LogP contribution in [-0.2, 0) is 0 Å². The number of halogens is 6. The van der Waals surface area contributed by atoms with Crippen molar-refractivity contribution in [3.05, 3.63) is 51.7 Å². The van der Waals surface area contributed by atoms with Gasteiger partial charge in [0.1, 0.15) is 12.1 Å². The summed E-state index contributed by atoms with van der Waals surface area (Å²) in [5, 5.41) is 21.5. The second-order valence-corrected chi connectivity index (χ2v) is 7.92. The smallest absolute Gasteiger partial charge is 0.103 e. The van der Waals surface area contributed by atoms with Gasteiger partial charge in [0.15, 0.2) is 0 Å². The molecule has 0 bridgehead atoms. The van der Waals surface area contributed by atoms with Crippen molar-refractivity contribution >= 4 is 94.0 Å². The number of rotatable bonds is 2. The molecule has 2 rings (SSSR count). The van der Waals surface area contributed by atoms with Gasteiger partial charge in [-0.25, -0.2) is 0 Å². The van der Waals surface area contributed by atoms with Crippen LogP contribution in [0.4, 0.5) is 11.4 Å². The molecule has 1 N–H and O–H groups in total. The predicted octanol–water partition coefficient (Wildman–Crippen LogP) is 7.42. The van der Waals surface area contributed by atoms with Gasteiger partial charge < -0.3 is 5.32 Å². The van der Waals surface area contributed by atoms with Crippen molar-refractivity contribution in [1.82, 2.24) is 0 Å². The largest absolute Gasteiger partial charge is 0.351 e. The molecular formula is C14H3Br3Cl3N3. The fraction of sp³-hybridized carbons (Fsp3) is 0. The highest BCUT2D eigenvalue weighted by Gasteiger charge is 2.22. The van der Waals surface area contributed by atoms with Gasteiger partial charge in [-0.15, -0.1) is 0 Å². The Balaban J connectivity index is 2.72. The Bertz CT molecular complexity index is 878. The van der Waals surface area contributed by atoms with Crippen LogP contribution in [-0.4, -0.2) is 0 Å². The van der Waals surface area contributed by atoms with E-state index in [9.17, 15) is 5.26 Å². The Morgan fingerprint density at radius 2 is 1.30 bits per heavy atom. The highest BCUT2D eigenvalue weighted by atomic mass is 79.9. The van der Waals surface area contributed by atoms with Gasteiger partial charge in [-0.3, -0.25) is 0 Å². The van der Waals surface area contributed by atoms with Crippen molar-refractivity contribution in [2.75, 3.05) is 5.32 Å². The molecule has 0 atom stereocenters. The second-order valence-electron chi connectivity index (χ2n) is 4.16. The maximum Gasteiger partial charge on any atom is 0.103 e. The minimum absolute atomic E-state index is 0.00924. The zero-order valence-corrected chi connectivity index (χ0v) is 17.8. The number of nitriles is 2. The van der Waals surface area contributed by atoms with Crippen LogP contribution in [0.2, 0.25) is 15.1 Å². The zero-order valence-electron chi connectivity index (χ0n) is 10.8. The Kier molecular flexibility index (Phi) is 6.24. The van der Waals surface area contributed by atoms with Crippen molar-refractivity contribution < 1.29 is 0 Å². The molecule has 0 saturated carbocycles. The number of hydrogen-bond donors (Lipinski definition) is 1. The molecule has 116 valence electrons. The van der Waals surface area contributed by atoms with E-state index in [0.29, 0.717) is 5.69 Å². The summed E-state index contributed by atoms with van der Waals surface area (Å²) in [6.45, 7) is 0. The van der Waals surface area contributed by atoms with E-state index in [4.69, 9.17) is 40.1 Å². The lowest BCUT2D eigenvalue weighted by Gasteiger charge is -2.16. The van der Waals surface area contributed by atoms with Gasteiger partial charge in [-0.2, -0.15) is 10.5 Å². The van der Waals surface area contributed by atoms with Crippen LogP contribution in [0.15, 0.2) is 25.6 Å². The third-order valence-corrected chi connectivity index (χ3v) is 5.74. The molecule has 2 aromatic rings. The zero-order chi connectivity index (χ0) is 17.3. The highest BCUT2D eigenvalue weighted by molar-refractivity contribution is 9.11. The van der Waals surface area contributed by atoms with E-state index in [1.54, 1.807) is 0 Å². The molecule has 0 radical (unpaired) electrons.